The number of nitrogens with zero attached hydrogens (tertiary/aromatic N) is 1. The van der Waals surface area contributed by atoms with Gasteiger partial charge in [-0.15, -0.1) is 0 Å². The summed E-state index contributed by atoms with van der Waals surface area (Å²) in [7, 11) is 1.92. The van der Waals surface area contributed by atoms with Gasteiger partial charge < -0.3 is 11.1 Å². The molecular weight excluding hydrogens is 270 g/mol. The molecular formula is C16H20ClN3. The number of pyridine rings is 1. The fraction of sp³-hybridized carbons (Fsp3) is 0.312. The molecule has 0 radical (unpaired) electrons. The molecule has 0 aliphatic heterocycles. The minimum Gasteiger partial charge on any atom is -0.383 e. The van der Waals surface area contributed by atoms with E-state index in [2.05, 4.69) is 42.3 Å². The minimum atomic E-state index is 0.0994. The van der Waals surface area contributed by atoms with Gasteiger partial charge in [-0.05, 0) is 38.9 Å². The van der Waals surface area contributed by atoms with E-state index in [4.69, 9.17) is 17.3 Å². The molecule has 1 aromatic carbocycles. The lowest BCUT2D eigenvalue weighted by Crippen LogP contribution is -2.20. The first-order chi connectivity index (χ1) is 9.49. The number of anilines is 1. The molecule has 106 valence electrons. The van der Waals surface area contributed by atoms with Crippen LogP contribution in [0.15, 0.2) is 30.5 Å². The number of nitrogens with one attached hydrogen (secondary N) is 1. The van der Waals surface area contributed by atoms with Crippen molar-refractivity contribution in [3.8, 4) is 0 Å². The summed E-state index contributed by atoms with van der Waals surface area (Å²) in [4.78, 5) is 4.13. The Labute approximate surface area is 125 Å². The third-order valence-electron chi connectivity index (χ3n) is 3.36. The van der Waals surface area contributed by atoms with Crippen molar-refractivity contribution in [2.24, 2.45) is 0 Å². The van der Waals surface area contributed by atoms with E-state index in [1.54, 1.807) is 6.20 Å². The Balaban J connectivity index is 2.31. The van der Waals surface area contributed by atoms with Crippen molar-refractivity contribution in [2.45, 2.75) is 26.3 Å². The van der Waals surface area contributed by atoms with Gasteiger partial charge in [-0.2, -0.15) is 0 Å². The van der Waals surface area contributed by atoms with Crippen LogP contribution in [0.25, 0.3) is 0 Å². The number of aromatic nitrogens is 1. The molecule has 1 aromatic heterocycles. The minimum absolute atomic E-state index is 0.0994. The Kier molecular flexibility index (Phi) is 4.63. The smallest absolute Gasteiger partial charge is 0.128 e. The van der Waals surface area contributed by atoms with Gasteiger partial charge in [0.1, 0.15) is 5.82 Å². The molecule has 0 amide bonds. The Morgan fingerprint density at radius 1 is 1.20 bits per heavy atom. The van der Waals surface area contributed by atoms with E-state index >= 15 is 0 Å². The summed E-state index contributed by atoms with van der Waals surface area (Å²) in [5.74, 6) is 0.526. The molecule has 2 aromatic rings. The summed E-state index contributed by atoms with van der Waals surface area (Å²) in [6, 6.07) is 8.56. The van der Waals surface area contributed by atoms with Crippen molar-refractivity contribution < 1.29 is 0 Å². The van der Waals surface area contributed by atoms with Crippen molar-refractivity contribution >= 4 is 17.4 Å². The van der Waals surface area contributed by atoms with E-state index in [0.717, 1.165) is 12.0 Å². The molecule has 0 spiro atoms. The van der Waals surface area contributed by atoms with Gasteiger partial charge in [-0.25, -0.2) is 4.98 Å². The normalized spacial score (nSPS) is 12.4. The van der Waals surface area contributed by atoms with Gasteiger partial charge in [0.2, 0.25) is 0 Å². The summed E-state index contributed by atoms with van der Waals surface area (Å²) < 4.78 is 0. The topological polar surface area (TPSA) is 50.9 Å². The summed E-state index contributed by atoms with van der Waals surface area (Å²) in [6.07, 6.45) is 2.43. The van der Waals surface area contributed by atoms with Gasteiger partial charge in [0.25, 0.3) is 0 Å². The van der Waals surface area contributed by atoms with Gasteiger partial charge in [0, 0.05) is 17.8 Å². The van der Waals surface area contributed by atoms with Gasteiger partial charge in [-0.1, -0.05) is 40.9 Å². The number of nitrogen functional groups attached to an aromatic ring is 1. The zero-order chi connectivity index (χ0) is 14.7. The van der Waals surface area contributed by atoms with Gasteiger partial charge >= 0.3 is 0 Å². The lowest BCUT2D eigenvalue weighted by atomic mass is 9.97. The number of benzene rings is 1. The second-order valence-electron chi connectivity index (χ2n) is 5.17. The molecule has 0 fully saturated rings. The van der Waals surface area contributed by atoms with Crippen molar-refractivity contribution in [3.05, 3.63) is 57.7 Å². The number of aryl methyl sites for hydroxylation is 2. The molecule has 0 aliphatic carbocycles. The molecule has 1 heterocycles. The first-order valence-corrected chi connectivity index (χ1v) is 7.02. The molecule has 0 saturated heterocycles. The van der Waals surface area contributed by atoms with Crippen LogP contribution in [0, 0.1) is 13.8 Å². The highest BCUT2D eigenvalue weighted by Crippen LogP contribution is 2.25. The number of likely N-dealkylation sites (N-methyl/N-ethyl adjacent to an activating group) is 1. The Hall–Kier alpha value is -1.58. The molecule has 3 N–H and O–H groups in total. The van der Waals surface area contributed by atoms with E-state index in [9.17, 15) is 0 Å². The average Bonchev–Trinajstić information content (AvgIpc) is 2.38. The summed E-state index contributed by atoms with van der Waals surface area (Å²) in [6.45, 7) is 4.22. The quantitative estimate of drug-likeness (QED) is 0.906. The summed E-state index contributed by atoms with van der Waals surface area (Å²) in [5, 5.41) is 3.90. The number of hydrogen-bond acceptors (Lipinski definition) is 3. The van der Waals surface area contributed by atoms with E-state index in [1.807, 2.05) is 13.1 Å². The van der Waals surface area contributed by atoms with Crippen LogP contribution < -0.4 is 11.1 Å². The molecule has 1 atom stereocenters. The van der Waals surface area contributed by atoms with Crippen LogP contribution in [-0.2, 0) is 6.42 Å². The Morgan fingerprint density at radius 2 is 1.85 bits per heavy atom. The van der Waals surface area contributed by atoms with E-state index < -0.39 is 0 Å². The maximum atomic E-state index is 6.03. The van der Waals surface area contributed by atoms with Crippen molar-refractivity contribution in [3.63, 3.8) is 0 Å². The van der Waals surface area contributed by atoms with E-state index in [1.165, 1.54) is 16.7 Å². The SMILES string of the molecule is CNC(Cc1cc(C)cc(C)c1)c1cc(Cl)cnc1N. The zero-order valence-corrected chi connectivity index (χ0v) is 12.8. The predicted molar refractivity (Wildman–Crippen MR) is 85.1 cm³/mol. The van der Waals surface area contributed by atoms with E-state index in [-0.39, 0.29) is 6.04 Å². The number of hydrogen-bond donors (Lipinski definition) is 2. The van der Waals surface area contributed by atoms with Crippen LogP contribution in [0.5, 0.6) is 0 Å². The largest absolute Gasteiger partial charge is 0.383 e. The van der Waals surface area contributed by atoms with Crippen LogP contribution in [0.1, 0.15) is 28.3 Å². The molecule has 2 rings (SSSR count). The average molecular weight is 290 g/mol. The number of nitrogens with two attached hydrogens (primary N) is 1. The maximum absolute atomic E-state index is 6.03. The van der Waals surface area contributed by atoms with Crippen LogP contribution in [0.4, 0.5) is 5.82 Å². The Bertz CT molecular complexity index is 590. The van der Waals surface area contributed by atoms with Crippen molar-refractivity contribution in [2.75, 3.05) is 12.8 Å². The summed E-state index contributed by atoms with van der Waals surface area (Å²) >= 11 is 6.03. The third-order valence-corrected chi connectivity index (χ3v) is 3.57. The third kappa shape index (κ3) is 3.50. The zero-order valence-electron chi connectivity index (χ0n) is 12.1. The lowest BCUT2D eigenvalue weighted by Gasteiger charge is -2.19. The predicted octanol–water partition coefficient (Wildman–Crippen LogP) is 3.44. The monoisotopic (exact) mass is 289 g/mol. The van der Waals surface area contributed by atoms with Crippen LogP contribution >= 0.6 is 11.6 Å². The molecule has 4 heteroatoms. The van der Waals surface area contributed by atoms with Crippen LogP contribution in [0.2, 0.25) is 5.02 Å². The number of rotatable bonds is 4. The lowest BCUT2D eigenvalue weighted by molar-refractivity contribution is 0.592. The molecule has 0 aliphatic rings. The summed E-state index contributed by atoms with van der Waals surface area (Å²) in [5.41, 5.74) is 10.7. The fourth-order valence-corrected chi connectivity index (χ4v) is 2.70. The standard InChI is InChI=1S/C16H20ClN3/c1-10-4-11(2)6-12(5-10)7-15(19-3)14-8-13(17)9-20-16(14)18/h4-6,8-9,15,19H,7H2,1-3H3,(H2,18,20). The molecule has 20 heavy (non-hydrogen) atoms. The highest BCUT2D eigenvalue weighted by atomic mass is 35.5. The molecule has 0 saturated carbocycles. The molecule has 1 unspecified atom stereocenters. The molecule has 3 nitrogen and oxygen atoms in total. The van der Waals surface area contributed by atoms with Gasteiger partial charge in [-0.3, -0.25) is 0 Å². The van der Waals surface area contributed by atoms with Crippen LogP contribution in [-0.4, -0.2) is 12.0 Å². The molecule has 0 bridgehead atoms. The fourth-order valence-electron chi connectivity index (χ4n) is 2.53. The van der Waals surface area contributed by atoms with Crippen molar-refractivity contribution in [1.82, 2.24) is 10.3 Å². The second-order valence-corrected chi connectivity index (χ2v) is 5.61. The van der Waals surface area contributed by atoms with Gasteiger partial charge in [0.15, 0.2) is 0 Å². The Morgan fingerprint density at radius 3 is 2.45 bits per heavy atom. The number of halogens is 1. The van der Waals surface area contributed by atoms with Crippen LogP contribution in [0.3, 0.4) is 0 Å². The maximum Gasteiger partial charge on any atom is 0.128 e. The first-order valence-electron chi connectivity index (χ1n) is 6.65. The van der Waals surface area contributed by atoms with Crippen molar-refractivity contribution in [1.29, 1.82) is 0 Å². The highest BCUT2D eigenvalue weighted by Gasteiger charge is 2.15. The van der Waals surface area contributed by atoms with E-state index in [0.29, 0.717) is 10.8 Å². The second kappa shape index (κ2) is 6.25. The van der Waals surface area contributed by atoms with Gasteiger partial charge in [0.05, 0.1) is 5.02 Å². The highest BCUT2D eigenvalue weighted by molar-refractivity contribution is 6.30. The first kappa shape index (κ1) is 14.8.